The molecule has 0 bridgehead atoms. The highest BCUT2D eigenvalue weighted by Gasteiger charge is 2.26. The Hall–Kier alpha value is -2.28. The average Bonchev–Trinajstić information content (AvgIpc) is 2.70. The van der Waals surface area contributed by atoms with E-state index < -0.39 is 0 Å². The maximum atomic E-state index is 12.8. The van der Waals surface area contributed by atoms with Crippen LogP contribution in [0.4, 0.5) is 0 Å². The Kier molecular flexibility index (Phi) is 8.39. The maximum absolute atomic E-state index is 12.8. The van der Waals surface area contributed by atoms with Crippen LogP contribution in [0.1, 0.15) is 37.7 Å². The Labute approximate surface area is 161 Å². The summed E-state index contributed by atoms with van der Waals surface area (Å²) < 4.78 is 10.7. The van der Waals surface area contributed by atoms with Gasteiger partial charge in [-0.2, -0.15) is 0 Å². The SMILES string of the molecule is COc1ccc(OC)c(CCC(=O)N2CCCCC2CNC(=O)CCN)c1. The zero-order chi connectivity index (χ0) is 19.6. The topological polar surface area (TPSA) is 93.9 Å². The average molecular weight is 377 g/mol. The third kappa shape index (κ3) is 6.13. The van der Waals surface area contributed by atoms with Crippen molar-refractivity contribution in [2.45, 2.75) is 44.6 Å². The largest absolute Gasteiger partial charge is 0.497 e. The molecule has 0 saturated carbocycles. The molecule has 2 amide bonds. The van der Waals surface area contributed by atoms with Crippen LogP contribution in [0.5, 0.6) is 11.5 Å². The number of aryl methyl sites for hydroxylation is 1. The summed E-state index contributed by atoms with van der Waals surface area (Å²) in [4.78, 5) is 26.4. The summed E-state index contributed by atoms with van der Waals surface area (Å²) in [6.07, 6.45) is 4.29. The van der Waals surface area contributed by atoms with Crippen LogP contribution in [0.3, 0.4) is 0 Å². The number of rotatable bonds is 9. The molecule has 1 aromatic rings. The van der Waals surface area contributed by atoms with Gasteiger partial charge in [0.25, 0.3) is 0 Å². The van der Waals surface area contributed by atoms with E-state index in [2.05, 4.69) is 5.32 Å². The second-order valence-electron chi connectivity index (χ2n) is 6.76. The summed E-state index contributed by atoms with van der Waals surface area (Å²) in [5, 5.41) is 2.90. The highest BCUT2D eigenvalue weighted by Crippen LogP contribution is 2.26. The number of nitrogens with two attached hydrogens (primary N) is 1. The van der Waals surface area contributed by atoms with Crippen LogP contribution >= 0.6 is 0 Å². The van der Waals surface area contributed by atoms with Gasteiger partial charge in [-0.25, -0.2) is 0 Å². The van der Waals surface area contributed by atoms with E-state index in [1.807, 2.05) is 23.1 Å². The van der Waals surface area contributed by atoms with Crippen molar-refractivity contribution in [2.75, 3.05) is 33.9 Å². The molecular formula is C20H31N3O4. The molecule has 1 aromatic carbocycles. The summed E-state index contributed by atoms with van der Waals surface area (Å²) >= 11 is 0. The highest BCUT2D eigenvalue weighted by molar-refractivity contribution is 5.78. The number of ether oxygens (including phenoxy) is 2. The molecular weight excluding hydrogens is 346 g/mol. The van der Waals surface area contributed by atoms with Crippen LogP contribution in [0.15, 0.2) is 18.2 Å². The van der Waals surface area contributed by atoms with E-state index in [0.717, 1.165) is 42.9 Å². The second kappa shape index (κ2) is 10.8. The van der Waals surface area contributed by atoms with E-state index in [4.69, 9.17) is 15.2 Å². The second-order valence-corrected chi connectivity index (χ2v) is 6.76. The van der Waals surface area contributed by atoms with Gasteiger partial charge in [-0.15, -0.1) is 0 Å². The summed E-state index contributed by atoms with van der Waals surface area (Å²) in [6.45, 7) is 1.57. The van der Waals surface area contributed by atoms with E-state index in [1.165, 1.54) is 0 Å². The number of nitrogens with zero attached hydrogens (tertiary/aromatic N) is 1. The lowest BCUT2D eigenvalue weighted by Gasteiger charge is -2.36. The van der Waals surface area contributed by atoms with Crippen molar-refractivity contribution in [1.29, 1.82) is 0 Å². The molecule has 3 N–H and O–H groups in total. The third-order valence-corrected chi connectivity index (χ3v) is 4.95. The predicted molar refractivity (Wildman–Crippen MR) is 104 cm³/mol. The van der Waals surface area contributed by atoms with Crippen molar-refractivity contribution in [1.82, 2.24) is 10.2 Å². The fraction of sp³-hybridized carbons (Fsp3) is 0.600. The fourth-order valence-electron chi connectivity index (χ4n) is 3.45. The molecule has 1 saturated heterocycles. The van der Waals surface area contributed by atoms with E-state index in [9.17, 15) is 9.59 Å². The molecule has 1 aliphatic rings. The van der Waals surface area contributed by atoms with Gasteiger partial charge in [0.15, 0.2) is 0 Å². The van der Waals surface area contributed by atoms with Gasteiger partial charge >= 0.3 is 0 Å². The number of carbonyl (C=O) groups excluding carboxylic acids is 2. The summed E-state index contributed by atoms with van der Waals surface area (Å²) in [5.74, 6) is 1.55. The molecule has 2 rings (SSSR count). The van der Waals surface area contributed by atoms with E-state index in [0.29, 0.717) is 32.4 Å². The van der Waals surface area contributed by atoms with Crippen molar-refractivity contribution < 1.29 is 19.1 Å². The summed E-state index contributed by atoms with van der Waals surface area (Å²) in [5.41, 5.74) is 6.36. The molecule has 1 aliphatic heterocycles. The summed E-state index contributed by atoms with van der Waals surface area (Å²) in [6, 6.07) is 5.66. The monoisotopic (exact) mass is 377 g/mol. The van der Waals surface area contributed by atoms with E-state index in [-0.39, 0.29) is 17.9 Å². The normalized spacial score (nSPS) is 16.7. The van der Waals surface area contributed by atoms with Crippen LogP contribution < -0.4 is 20.5 Å². The Morgan fingerprint density at radius 2 is 2.04 bits per heavy atom. The highest BCUT2D eigenvalue weighted by atomic mass is 16.5. The van der Waals surface area contributed by atoms with Gasteiger partial charge in [-0.3, -0.25) is 9.59 Å². The van der Waals surface area contributed by atoms with Crippen molar-refractivity contribution >= 4 is 11.8 Å². The number of benzene rings is 1. The first-order chi connectivity index (χ1) is 13.1. The van der Waals surface area contributed by atoms with E-state index >= 15 is 0 Å². The Morgan fingerprint density at radius 1 is 1.22 bits per heavy atom. The number of hydrogen-bond acceptors (Lipinski definition) is 5. The Morgan fingerprint density at radius 3 is 2.74 bits per heavy atom. The fourth-order valence-corrected chi connectivity index (χ4v) is 3.45. The first-order valence-corrected chi connectivity index (χ1v) is 9.56. The van der Waals surface area contributed by atoms with E-state index in [1.54, 1.807) is 14.2 Å². The van der Waals surface area contributed by atoms with Gasteiger partial charge in [0.1, 0.15) is 11.5 Å². The minimum Gasteiger partial charge on any atom is -0.497 e. The van der Waals surface area contributed by atoms with Crippen molar-refractivity contribution in [3.63, 3.8) is 0 Å². The lowest BCUT2D eigenvalue weighted by molar-refractivity contribution is -0.135. The van der Waals surface area contributed by atoms with Gasteiger partial charge in [-0.05, 0) is 49.4 Å². The number of likely N-dealkylation sites (tertiary alicyclic amines) is 1. The first-order valence-electron chi connectivity index (χ1n) is 9.56. The molecule has 150 valence electrons. The third-order valence-electron chi connectivity index (χ3n) is 4.95. The van der Waals surface area contributed by atoms with Crippen molar-refractivity contribution in [3.8, 4) is 11.5 Å². The van der Waals surface area contributed by atoms with Gasteiger partial charge in [0.05, 0.1) is 14.2 Å². The molecule has 27 heavy (non-hydrogen) atoms. The molecule has 7 nitrogen and oxygen atoms in total. The summed E-state index contributed by atoms with van der Waals surface area (Å²) in [7, 11) is 3.24. The van der Waals surface area contributed by atoms with Crippen LogP contribution in [0.25, 0.3) is 0 Å². The lowest BCUT2D eigenvalue weighted by atomic mass is 10.00. The number of methoxy groups -OCH3 is 2. The van der Waals surface area contributed by atoms with Gasteiger partial charge in [-0.1, -0.05) is 0 Å². The minimum absolute atomic E-state index is 0.0557. The lowest BCUT2D eigenvalue weighted by Crippen LogP contribution is -2.49. The molecule has 0 spiro atoms. The number of amides is 2. The molecule has 0 radical (unpaired) electrons. The Bertz CT molecular complexity index is 636. The van der Waals surface area contributed by atoms with Gasteiger partial charge in [0, 0.05) is 38.5 Å². The predicted octanol–water partition coefficient (Wildman–Crippen LogP) is 1.48. The zero-order valence-electron chi connectivity index (χ0n) is 16.3. The first kappa shape index (κ1) is 21.0. The number of nitrogens with one attached hydrogen (secondary N) is 1. The van der Waals surface area contributed by atoms with Crippen LogP contribution in [-0.4, -0.2) is 56.6 Å². The number of hydrogen-bond donors (Lipinski definition) is 2. The van der Waals surface area contributed by atoms with Crippen LogP contribution in [0.2, 0.25) is 0 Å². The van der Waals surface area contributed by atoms with Crippen LogP contribution in [-0.2, 0) is 16.0 Å². The molecule has 1 atom stereocenters. The number of piperidine rings is 1. The molecule has 7 heteroatoms. The van der Waals surface area contributed by atoms with Crippen molar-refractivity contribution in [3.05, 3.63) is 23.8 Å². The van der Waals surface area contributed by atoms with Gasteiger partial charge < -0.3 is 25.4 Å². The number of carbonyl (C=O) groups is 2. The molecule has 0 aromatic heterocycles. The molecule has 1 heterocycles. The zero-order valence-corrected chi connectivity index (χ0v) is 16.3. The minimum atomic E-state index is -0.0587. The maximum Gasteiger partial charge on any atom is 0.223 e. The molecule has 0 aliphatic carbocycles. The molecule has 1 fully saturated rings. The smallest absolute Gasteiger partial charge is 0.223 e. The van der Waals surface area contributed by atoms with Crippen molar-refractivity contribution in [2.24, 2.45) is 5.73 Å². The molecule has 1 unspecified atom stereocenters. The van der Waals surface area contributed by atoms with Gasteiger partial charge in [0.2, 0.25) is 11.8 Å². The standard InChI is InChI=1S/C20H31N3O4/c1-26-17-7-8-18(27-2)15(13-17)6-9-20(25)23-12-4-3-5-16(23)14-22-19(24)10-11-21/h7-8,13,16H,3-6,9-12,14,21H2,1-2H3,(H,22,24). The van der Waals surface area contributed by atoms with Crippen LogP contribution in [0, 0.1) is 0 Å². The quantitative estimate of drug-likeness (QED) is 0.680. The Balaban J connectivity index is 1.95.